The van der Waals surface area contributed by atoms with Crippen molar-refractivity contribution in [3.63, 3.8) is 0 Å². The Labute approximate surface area is 307 Å². The summed E-state index contributed by atoms with van der Waals surface area (Å²) in [4.78, 5) is 44.7. The molecule has 2 fully saturated rings. The number of para-hydroxylation sites is 1. The van der Waals surface area contributed by atoms with E-state index >= 15 is 4.11 Å². The molecule has 3 aromatic rings. The van der Waals surface area contributed by atoms with Gasteiger partial charge in [-0.1, -0.05) is 67.6 Å². The number of amides is 3. The fourth-order valence-corrected chi connectivity index (χ4v) is 10.6. The number of anilines is 2. The topological polar surface area (TPSA) is 189 Å². The molecule has 3 heterocycles. The highest BCUT2D eigenvalue weighted by molar-refractivity contribution is 6.72. The van der Waals surface area contributed by atoms with Gasteiger partial charge in [-0.3, -0.25) is 14.4 Å². The van der Waals surface area contributed by atoms with E-state index in [4.69, 9.17) is 9.47 Å². The van der Waals surface area contributed by atoms with Gasteiger partial charge in [0, 0.05) is 35.8 Å². The van der Waals surface area contributed by atoms with Crippen LogP contribution in [-0.2, 0) is 42.5 Å². The SMILES string of the molecule is C[C@@H]1[C@@H]([Si](C)(C)F)[C@H](CC(=O)N(CCO)Cc2ccccc2)O[C@@]12C(=O)N(Cc1cccc(NC(=O)[C@H]3O[C@@H](O)[C@H](O)[C@@H](O)[C@@H]3O)c1)c1ccccc12. The van der Waals surface area contributed by atoms with Gasteiger partial charge in [0.1, 0.15) is 18.3 Å². The molecule has 3 aromatic carbocycles. The zero-order valence-electron chi connectivity index (χ0n) is 29.7. The highest BCUT2D eigenvalue weighted by atomic mass is 28.4. The average Bonchev–Trinajstić information content (AvgIpc) is 3.55. The van der Waals surface area contributed by atoms with E-state index in [-0.39, 0.29) is 44.3 Å². The van der Waals surface area contributed by atoms with Crippen LogP contribution in [0.25, 0.3) is 0 Å². The van der Waals surface area contributed by atoms with Gasteiger partial charge in [0.15, 0.2) is 18.0 Å². The molecule has 0 saturated carbocycles. The van der Waals surface area contributed by atoms with Crippen LogP contribution in [0.2, 0.25) is 18.6 Å². The summed E-state index contributed by atoms with van der Waals surface area (Å²) >= 11 is 0. The van der Waals surface area contributed by atoms with Gasteiger partial charge in [0.05, 0.1) is 31.4 Å². The van der Waals surface area contributed by atoms with Crippen LogP contribution in [0.3, 0.4) is 0 Å². The van der Waals surface area contributed by atoms with Crippen molar-refractivity contribution in [3.05, 3.63) is 95.6 Å². The number of nitrogens with zero attached hydrogens (tertiary/aromatic N) is 2. The van der Waals surface area contributed by atoms with Crippen LogP contribution >= 0.6 is 0 Å². The van der Waals surface area contributed by atoms with Gasteiger partial charge in [-0.05, 0) is 42.4 Å². The number of benzene rings is 3. The number of fused-ring (bicyclic) bond motifs is 2. The molecule has 0 aromatic heterocycles. The highest BCUT2D eigenvalue weighted by Crippen LogP contribution is 2.60. The molecule has 13 nitrogen and oxygen atoms in total. The Morgan fingerprint density at radius 1 is 0.943 bits per heavy atom. The largest absolute Gasteiger partial charge is 0.395 e. The number of ether oxygens (including phenoxy) is 2. The normalized spacial score (nSPS) is 29.7. The minimum atomic E-state index is -3.57. The number of aliphatic hydroxyl groups is 5. The Bertz CT molecular complexity index is 1810. The average molecular weight is 752 g/mol. The van der Waals surface area contributed by atoms with E-state index in [1.165, 1.54) is 4.90 Å². The molecule has 284 valence electrons. The number of aliphatic hydroxyl groups excluding tert-OH is 5. The number of nitrogens with one attached hydrogen (secondary N) is 1. The van der Waals surface area contributed by atoms with E-state index in [1.54, 1.807) is 66.5 Å². The van der Waals surface area contributed by atoms with E-state index in [2.05, 4.69) is 5.32 Å². The Balaban J connectivity index is 1.25. The lowest BCUT2D eigenvalue weighted by Gasteiger charge is -2.37. The Morgan fingerprint density at radius 3 is 2.32 bits per heavy atom. The van der Waals surface area contributed by atoms with E-state index in [0.717, 1.165) is 5.56 Å². The second-order valence-electron chi connectivity index (χ2n) is 14.5. The first kappa shape index (κ1) is 38.7. The van der Waals surface area contributed by atoms with Gasteiger partial charge < -0.3 is 54.2 Å². The van der Waals surface area contributed by atoms with Gasteiger partial charge in [0.25, 0.3) is 11.8 Å². The zero-order chi connectivity index (χ0) is 38.2. The molecule has 53 heavy (non-hydrogen) atoms. The van der Waals surface area contributed by atoms with Gasteiger partial charge in [-0.25, -0.2) is 0 Å². The Hall–Kier alpha value is -4.06. The van der Waals surface area contributed by atoms with Crippen LogP contribution < -0.4 is 10.2 Å². The molecule has 2 saturated heterocycles. The fourth-order valence-electron chi connectivity index (χ4n) is 8.10. The molecular formula is C38H46FN3O10Si. The summed E-state index contributed by atoms with van der Waals surface area (Å²) in [6, 6.07) is 23.1. The first-order valence-electron chi connectivity index (χ1n) is 17.7. The summed E-state index contributed by atoms with van der Waals surface area (Å²) in [5.41, 5.74) is 0.582. The monoisotopic (exact) mass is 751 g/mol. The van der Waals surface area contributed by atoms with E-state index in [9.17, 15) is 39.9 Å². The van der Waals surface area contributed by atoms with Gasteiger partial charge in [-0.15, -0.1) is 0 Å². The molecule has 6 rings (SSSR count). The van der Waals surface area contributed by atoms with Crippen molar-refractivity contribution in [1.82, 2.24) is 4.90 Å². The summed E-state index contributed by atoms with van der Waals surface area (Å²) in [6.45, 7) is 5.05. The third-order valence-electron chi connectivity index (χ3n) is 10.6. The van der Waals surface area contributed by atoms with Crippen molar-refractivity contribution in [2.24, 2.45) is 5.92 Å². The molecule has 0 bridgehead atoms. The first-order valence-corrected chi connectivity index (χ1v) is 20.6. The molecule has 6 N–H and O–H groups in total. The lowest BCUT2D eigenvalue weighted by molar-refractivity contribution is -0.274. The summed E-state index contributed by atoms with van der Waals surface area (Å²) in [5, 5.41) is 52.3. The third-order valence-corrected chi connectivity index (χ3v) is 13.0. The maximum absolute atomic E-state index is 16.4. The maximum atomic E-state index is 16.4. The second-order valence-corrected chi connectivity index (χ2v) is 18.3. The van der Waals surface area contributed by atoms with Crippen LogP contribution in [-0.4, -0.2) is 107 Å². The van der Waals surface area contributed by atoms with E-state index in [1.807, 2.05) is 37.3 Å². The Kier molecular flexibility index (Phi) is 11.2. The van der Waals surface area contributed by atoms with Crippen LogP contribution in [0.5, 0.6) is 0 Å². The Morgan fingerprint density at radius 2 is 1.62 bits per heavy atom. The minimum Gasteiger partial charge on any atom is -0.395 e. The van der Waals surface area contributed by atoms with Crippen LogP contribution in [0.4, 0.5) is 15.5 Å². The van der Waals surface area contributed by atoms with Gasteiger partial charge in [0.2, 0.25) is 14.3 Å². The summed E-state index contributed by atoms with van der Waals surface area (Å²) in [6.07, 6.45) is -10.1. The maximum Gasteiger partial charge on any atom is 0.264 e. The van der Waals surface area contributed by atoms with Crippen molar-refractivity contribution in [2.75, 3.05) is 23.4 Å². The fraction of sp³-hybridized carbons (Fsp3) is 0.447. The van der Waals surface area contributed by atoms with Crippen molar-refractivity contribution >= 4 is 37.5 Å². The van der Waals surface area contributed by atoms with Crippen molar-refractivity contribution in [3.8, 4) is 0 Å². The minimum absolute atomic E-state index is 0.0373. The highest BCUT2D eigenvalue weighted by Gasteiger charge is 2.67. The number of rotatable bonds is 11. The van der Waals surface area contributed by atoms with Crippen LogP contribution in [0.1, 0.15) is 30.0 Å². The molecule has 9 atom stereocenters. The summed E-state index contributed by atoms with van der Waals surface area (Å²) in [5.74, 6) is -2.24. The van der Waals surface area contributed by atoms with Crippen LogP contribution in [0.15, 0.2) is 78.9 Å². The molecule has 15 heteroatoms. The second kappa shape index (κ2) is 15.4. The molecule has 0 radical (unpaired) electrons. The molecular weight excluding hydrogens is 706 g/mol. The lowest BCUT2D eigenvalue weighted by Crippen LogP contribution is -2.60. The molecule has 0 unspecified atom stereocenters. The van der Waals surface area contributed by atoms with E-state index in [0.29, 0.717) is 16.8 Å². The first-order chi connectivity index (χ1) is 25.2. The predicted octanol–water partition coefficient (Wildman–Crippen LogP) is 2.16. The number of hydrogen-bond acceptors (Lipinski definition) is 10. The smallest absolute Gasteiger partial charge is 0.264 e. The van der Waals surface area contributed by atoms with Gasteiger partial charge >= 0.3 is 0 Å². The molecule has 3 amide bonds. The number of carbonyl (C=O) groups is 3. The molecule has 3 aliphatic rings. The summed E-state index contributed by atoms with van der Waals surface area (Å²) < 4.78 is 28.1. The standard InChI is InChI=1S/C38H46FN3O10Si/c1-22-34(53(2,3)39)28(19-29(44)41(16-17-43)20-23-10-5-4-6-11-23)52-38(22)26-14-7-8-15-27(26)42(37(38)50)21-24-12-9-13-25(18-24)40-35(48)33-31(46)30(45)32(47)36(49)51-33/h4-15,18,22,28,30-34,36,43,45-47,49H,16-17,19-21H2,1-3H3,(H,40,48)/t22-,28+,30+,31+,32-,33+,34-,36-,38+/m1/s1. The van der Waals surface area contributed by atoms with E-state index < -0.39 is 74.1 Å². The van der Waals surface area contributed by atoms with Crippen molar-refractivity contribution < 1.29 is 53.5 Å². The lowest BCUT2D eigenvalue weighted by atomic mass is 9.82. The van der Waals surface area contributed by atoms with Crippen LogP contribution in [0, 0.1) is 5.92 Å². The molecule has 3 aliphatic heterocycles. The third kappa shape index (κ3) is 7.40. The molecule has 0 aliphatic carbocycles. The zero-order valence-corrected chi connectivity index (χ0v) is 30.7. The molecule has 1 spiro atoms. The quantitative estimate of drug-likeness (QED) is 0.125. The van der Waals surface area contributed by atoms with Crippen molar-refractivity contribution in [1.29, 1.82) is 0 Å². The number of halogens is 1. The van der Waals surface area contributed by atoms with Crippen molar-refractivity contribution in [2.45, 2.75) is 87.5 Å². The summed E-state index contributed by atoms with van der Waals surface area (Å²) in [7, 11) is -3.57. The number of carbonyl (C=O) groups excluding carboxylic acids is 3. The van der Waals surface area contributed by atoms with Gasteiger partial charge in [-0.2, -0.15) is 0 Å². The predicted molar refractivity (Wildman–Crippen MR) is 193 cm³/mol. The number of hydrogen-bond donors (Lipinski definition) is 6.